The molecule has 0 atom stereocenters. The van der Waals surface area contributed by atoms with Crippen molar-refractivity contribution in [3.63, 3.8) is 0 Å². The minimum Gasteiger partial charge on any atom is -0.341 e. The highest BCUT2D eigenvalue weighted by Crippen LogP contribution is 2.03. The van der Waals surface area contributed by atoms with E-state index in [0.717, 1.165) is 0 Å². The van der Waals surface area contributed by atoms with E-state index in [2.05, 4.69) is 10.6 Å². The molecular weight excluding hydrogens is 102 g/mol. The van der Waals surface area contributed by atoms with Gasteiger partial charge in [0, 0.05) is 0 Å². The van der Waals surface area contributed by atoms with Gasteiger partial charge in [-0.05, 0) is 0 Å². The summed E-state index contributed by atoms with van der Waals surface area (Å²) in [6.07, 6.45) is 0. The van der Waals surface area contributed by atoms with Gasteiger partial charge in [0.1, 0.15) is 0 Å². The number of rotatable bonds is 0. The summed E-state index contributed by atoms with van der Waals surface area (Å²) in [6, 6.07) is 0. The third-order valence-corrected chi connectivity index (χ3v) is 0.680. The highest BCUT2D eigenvalue weighted by molar-refractivity contribution is 5.00. The molecule has 0 saturated carbocycles. The summed E-state index contributed by atoms with van der Waals surface area (Å²) in [5.74, 6) is -1.81. The van der Waals surface area contributed by atoms with Crippen molar-refractivity contribution in [1.82, 2.24) is 10.6 Å². The molecule has 40 valence electrons. The lowest BCUT2D eigenvalue weighted by Crippen LogP contribution is -2.13. The zero-order chi connectivity index (χ0) is 5.28. The normalized spacial score (nSPS) is 19.1. The van der Waals surface area contributed by atoms with E-state index in [1.165, 1.54) is 0 Å². The van der Waals surface area contributed by atoms with Crippen LogP contribution in [0.15, 0.2) is 11.9 Å². The van der Waals surface area contributed by atoms with Gasteiger partial charge in [-0.3, -0.25) is 0 Å². The van der Waals surface area contributed by atoms with Crippen LogP contribution in [0.5, 0.6) is 0 Å². The zero-order valence-corrected chi connectivity index (χ0v) is 3.46. The van der Waals surface area contributed by atoms with Crippen molar-refractivity contribution in [1.29, 1.82) is 0 Å². The summed E-state index contributed by atoms with van der Waals surface area (Å²) in [6.45, 7) is 0.150. The van der Waals surface area contributed by atoms with Crippen molar-refractivity contribution in [3.8, 4) is 0 Å². The van der Waals surface area contributed by atoms with Crippen molar-refractivity contribution >= 4 is 0 Å². The van der Waals surface area contributed by atoms with Gasteiger partial charge in [-0.15, -0.1) is 0 Å². The molecule has 1 aliphatic rings. The van der Waals surface area contributed by atoms with E-state index >= 15 is 0 Å². The molecule has 4 heteroatoms. The number of halogens is 2. The Labute approximate surface area is 39.2 Å². The molecule has 0 unspecified atom stereocenters. The lowest BCUT2D eigenvalue weighted by molar-refractivity contribution is 0.516. The van der Waals surface area contributed by atoms with Crippen LogP contribution in [-0.2, 0) is 0 Å². The van der Waals surface area contributed by atoms with Crippen LogP contribution >= 0.6 is 0 Å². The second kappa shape index (κ2) is 1.36. The SMILES string of the molecule is FC1=C(F)NCN1. The second-order valence-electron chi connectivity index (χ2n) is 1.16. The van der Waals surface area contributed by atoms with E-state index in [-0.39, 0.29) is 6.67 Å². The first-order chi connectivity index (χ1) is 3.30. The van der Waals surface area contributed by atoms with Gasteiger partial charge in [0.25, 0.3) is 0 Å². The van der Waals surface area contributed by atoms with E-state index in [0.29, 0.717) is 0 Å². The quantitative estimate of drug-likeness (QED) is 0.431. The second-order valence-corrected chi connectivity index (χ2v) is 1.16. The molecule has 0 amide bonds. The predicted molar refractivity (Wildman–Crippen MR) is 20.4 cm³/mol. The highest BCUT2D eigenvalue weighted by atomic mass is 19.2. The fourth-order valence-corrected chi connectivity index (χ4v) is 0.355. The lowest BCUT2D eigenvalue weighted by atomic mass is 10.9. The highest BCUT2D eigenvalue weighted by Gasteiger charge is 2.09. The summed E-state index contributed by atoms with van der Waals surface area (Å²) >= 11 is 0. The van der Waals surface area contributed by atoms with Crippen LogP contribution in [0.1, 0.15) is 0 Å². The summed E-state index contributed by atoms with van der Waals surface area (Å²) in [5.41, 5.74) is 0. The van der Waals surface area contributed by atoms with E-state index in [1.54, 1.807) is 0 Å². The fourth-order valence-electron chi connectivity index (χ4n) is 0.355. The number of hydrogen-bond donors (Lipinski definition) is 2. The molecule has 0 aromatic carbocycles. The molecule has 0 aliphatic carbocycles. The molecule has 2 N–H and O–H groups in total. The van der Waals surface area contributed by atoms with Crippen molar-refractivity contribution in [3.05, 3.63) is 11.9 Å². The van der Waals surface area contributed by atoms with E-state index in [1.807, 2.05) is 0 Å². The maximum Gasteiger partial charge on any atom is 0.241 e. The molecule has 0 radical (unpaired) electrons. The van der Waals surface area contributed by atoms with E-state index in [4.69, 9.17) is 0 Å². The average molecular weight is 106 g/mol. The first-order valence-electron chi connectivity index (χ1n) is 1.84. The van der Waals surface area contributed by atoms with Crippen LogP contribution < -0.4 is 10.6 Å². The van der Waals surface area contributed by atoms with Gasteiger partial charge in [0.05, 0.1) is 6.67 Å². The first kappa shape index (κ1) is 4.36. The molecule has 0 bridgehead atoms. The molecular formula is C3H4F2N2. The van der Waals surface area contributed by atoms with Gasteiger partial charge in [0.2, 0.25) is 11.9 Å². The van der Waals surface area contributed by atoms with Crippen LogP contribution in [0.3, 0.4) is 0 Å². The molecule has 0 aromatic rings. The van der Waals surface area contributed by atoms with Crippen LogP contribution in [-0.4, -0.2) is 6.67 Å². The van der Waals surface area contributed by atoms with Gasteiger partial charge in [-0.25, -0.2) is 0 Å². The minimum absolute atomic E-state index is 0.150. The Morgan fingerprint density at radius 1 is 1.14 bits per heavy atom. The Bertz CT molecular complexity index is 97.5. The summed E-state index contributed by atoms with van der Waals surface area (Å²) in [5, 5.41) is 4.19. The van der Waals surface area contributed by atoms with Gasteiger partial charge in [0.15, 0.2) is 0 Å². The third kappa shape index (κ3) is 0.629. The minimum atomic E-state index is -0.903. The van der Waals surface area contributed by atoms with Crippen LogP contribution in [0, 0.1) is 0 Å². The molecule has 0 saturated heterocycles. The summed E-state index contributed by atoms with van der Waals surface area (Å²) < 4.78 is 23.3. The Morgan fingerprint density at radius 2 is 1.57 bits per heavy atom. The molecule has 0 aromatic heterocycles. The maximum atomic E-state index is 11.6. The summed E-state index contributed by atoms with van der Waals surface area (Å²) in [4.78, 5) is 0. The zero-order valence-electron chi connectivity index (χ0n) is 3.46. The Hall–Kier alpha value is -0.800. The molecule has 0 fully saturated rings. The van der Waals surface area contributed by atoms with Crippen LogP contribution in [0.2, 0.25) is 0 Å². The van der Waals surface area contributed by atoms with Gasteiger partial charge in [-0.1, -0.05) is 0 Å². The van der Waals surface area contributed by atoms with Gasteiger partial charge < -0.3 is 10.6 Å². The molecule has 7 heavy (non-hydrogen) atoms. The summed E-state index contributed by atoms with van der Waals surface area (Å²) in [7, 11) is 0. The molecule has 1 aliphatic heterocycles. The van der Waals surface area contributed by atoms with E-state index < -0.39 is 11.9 Å². The van der Waals surface area contributed by atoms with Crippen molar-refractivity contribution in [2.45, 2.75) is 0 Å². The maximum absolute atomic E-state index is 11.6. The molecule has 2 nitrogen and oxygen atoms in total. The number of hydrogen-bond acceptors (Lipinski definition) is 2. The predicted octanol–water partition coefficient (Wildman–Crippen LogP) is 0.202. The van der Waals surface area contributed by atoms with Gasteiger partial charge >= 0.3 is 0 Å². The third-order valence-electron chi connectivity index (χ3n) is 0.680. The largest absolute Gasteiger partial charge is 0.341 e. The van der Waals surface area contributed by atoms with E-state index in [9.17, 15) is 8.78 Å². The topological polar surface area (TPSA) is 24.1 Å². The molecule has 0 spiro atoms. The smallest absolute Gasteiger partial charge is 0.241 e. The first-order valence-corrected chi connectivity index (χ1v) is 1.84. The monoisotopic (exact) mass is 106 g/mol. The Kier molecular flexibility index (Phi) is 0.850. The van der Waals surface area contributed by atoms with Crippen molar-refractivity contribution in [2.75, 3.05) is 6.67 Å². The van der Waals surface area contributed by atoms with Crippen LogP contribution in [0.25, 0.3) is 0 Å². The standard InChI is InChI=1S/C3H4F2N2/c4-2-3(5)7-1-6-2/h6-7H,1H2. The lowest BCUT2D eigenvalue weighted by Gasteiger charge is -1.84. The Morgan fingerprint density at radius 3 is 1.71 bits per heavy atom. The fraction of sp³-hybridized carbons (Fsp3) is 0.333. The molecule has 1 heterocycles. The van der Waals surface area contributed by atoms with Crippen molar-refractivity contribution in [2.24, 2.45) is 0 Å². The van der Waals surface area contributed by atoms with Crippen molar-refractivity contribution < 1.29 is 8.78 Å². The number of nitrogens with one attached hydrogen (secondary N) is 2. The molecule has 1 rings (SSSR count). The Balaban J connectivity index is 2.64. The average Bonchev–Trinajstić information content (AvgIpc) is 1.91. The van der Waals surface area contributed by atoms with Crippen LogP contribution in [0.4, 0.5) is 8.78 Å². The van der Waals surface area contributed by atoms with Gasteiger partial charge in [-0.2, -0.15) is 8.78 Å².